The summed E-state index contributed by atoms with van der Waals surface area (Å²) < 4.78 is 2.16. The molecule has 0 radical (unpaired) electrons. The van der Waals surface area contributed by atoms with Crippen LogP contribution in [-0.2, 0) is 29.1 Å². The fourth-order valence-electron chi connectivity index (χ4n) is 3.76. The van der Waals surface area contributed by atoms with Crippen molar-refractivity contribution in [2.75, 3.05) is 18.4 Å². The molecule has 2 heterocycles. The van der Waals surface area contributed by atoms with Crippen LogP contribution in [0.25, 0.3) is 0 Å². The fraction of sp³-hybridized carbons (Fsp3) is 0.524. The van der Waals surface area contributed by atoms with Gasteiger partial charge < -0.3 is 15.2 Å². The van der Waals surface area contributed by atoms with Crippen LogP contribution >= 0.6 is 0 Å². The van der Waals surface area contributed by atoms with E-state index in [4.69, 9.17) is 0 Å². The van der Waals surface area contributed by atoms with Crippen molar-refractivity contribution in [1.82, 2.24) is 25.0 Å². The van der Waals surface area contributed by atoms with E-state index in [0.717, 1.165) is 62.8 Å². The fourth-order valence-corrected chi connectivity index (χ4v) is 3.76. The van der Waals surface area contributed by atoms with Crippen molar-refractivity contribution in [1.29, 1.82) is 0 Å². The van der Waals surface area contributed by atoms with Gasteiger partial charge in [-0.1, -0.05) is 12.1 Å². The number of nitrogens with zero attached hydrogens (tertiary/aromatic N) is 4. The third-order valence-corrected chi connectivity index (χ3v) is 5.52. The van der Waals surface area contributed by atoms with Crippen molar-refractivity contribution < 1.29 is 9.59 Å². The number of anilines is 1. The second-order valence-electron chi connectivity index (χ2n) is 8.03. The van der Waals surface area contributed by atoms with Gasteiger partial charge >= 0.3 is 0 Å². The molecule has 2 amide bonds. The Kier molecular flexibility index (Phi) is 5.62. The molecule has 0 saturated heterocycles. The van der Waals surface area contributed by atoms with Gasteiger partial charge in [0, 0.05) is 51.1 Å². The Bertz CT molecular complexity index is 887. The molecule has 1 aromatic carbocycles. The molecular formula is C21H28N6O2. The number of amides is 2. The summed E-state index contributed by atoms with van der Waals surface area (Å²) in [6, 6.07) is 7.85. The lowest BCUT2D eigenvalue weighted by atomic mass is 10.2. The summed E-state index contributed by atoms with van der Waals surface area (Å²) in [5.41, 5.74) is 2.03. The molecular weight excluding hydrogens is 368 g/mol. The first kappa shape index (κ1) is 19.6. The molecule has 4 rings (SSSR count). The average Bonchev–Trinajstić information content (AvgIpc) is 3.48. The third-order valence-electron chi connectivity index (χ3n) is 5.52. The largest absolute Gasteiger partial charge is 0.346 e. The second kappa shape index (κ2) is 8.32. The molecule has 2 N–H and O–H groups in total. The Hall–Kier alpha value is -2.74. The van der Waals surface area contributed by atoms with E-state index in [1.807, 2.05) is 19.1 Å². The molecule has 1 aliphatic heterocycles. The topological polar surface area (TPSA) is 92.2 Å². The molecule has 1 atom stereocenters. The van der Waals surface area contributed by atoms with Crippen molar-refractivity contribution in [3.05, 3.63) is 41.5 Å². The Morgan fingerprint density at radius 3 is 2.59 bits per heavy atom. The van der Waals surface area contributed by atoms with E-state index in [1.165, 1.54) is 12.5 Å². The summed E-state index contributed by atoms with van der Waals surface area (Å²) in [5, 5.41) is 14.6. The van der Waals surface area contributed by atoms with Gasteiger partial charge in [0.2, 0.25) is 11.8 Å². The highest BCUT2D eigenvalue weighted by atomic mass is 16.2. The van der Waals surface area contributed by atoms with E-state index in [9.17, 15) is 9.59 Å². The quantitative estimate of drug-likeness (QED) is 0.778. The van der Waals surface area contributed by atoms with E-state index in [0.29, 0.717) is 0 Å². The minimum Gasteiger partial charge on any atom is -0.346 e. The van der Waals surface area contributed by atoms with Crippen molar-refractivity contribution in [2.45, 2.75) is 52.2 Å². The Morgan fingerprint density at radius 1 is 1.14 bits per heavy atom. The molecule has 8 heteroatoms. The number of aromatic nitrogens is 3. The van der Waals surface area contributed by atoms with Crippen LogP contribution < -0.4 is 10.6 Å². The molecule has 2 aliphatic rings. The van der Waals surface area contributed by atoms with Crippen molar-refractivity contribution >= 4 is 17.5 Å². The minimum atomic E-state index is -0.128. The van der Waals surface area contributed by atoms with Gasteiger partial charge in [-0.2, -0.15) is 0 Å². The summed E-state index contributed by atoms with van der Waals surface area (Å²) in [7, 11) is 0. The monoisotopic (exact) mass is 396 g/mol. The SMILES string of the molecule is CC(=O)Nc1ccc(CN2CCc3nnc(C(C)NC(=O)C4CC4)n3CC2)cc1. The number of hydrogen-bond acceptors (Lipinski definition) is 5. The first-order chi connectivity index (χ1) is 14.0. The normalized spacial score (nSPS) is 17.9. The maximum atomic E-state index is 12.1. The maximum absolute atomic E-state index is 12.1. The minimum absolute atomic E-state index is 0.0633. The van der Waals surface area contributed by atoms with Gasteiger partial charge in [-0.15, -0.1) is 10.2 Å². The molecule has 2 aromatic rings. The van der Waals surface area contributed by atoms with Crippen LogP contribution in [0, 0.1) is 5.92 Å². The molecule has 1 fully saturated rings. The molecule has 0 bridgehead atoms. The number of nitrogens with one attached hydrogen (secondary N) is 2. The third kappa shape index (κ3) is 4.82. The Labute approximate surface area is 170 Å². The molecule has 29 heavy (non-hydrogen) atoms. The smallest absolute Gasteiger partial charge is 0.223 e. The lowest BCUT2D eigenvalue weighted by molar-refractivity contribution is -0.123. The van der Waals surface area contributed by atoms with Crippen LogP contribution in [0.2, 0.25) is 0 Å². The first-order valence-corrected chi connectivity index (χ1v) is 10.3. The van der Waals surface area contributed by atoms with Gasteiger partial charge in [0.05, 0.1) is 6.04 Å². The molecule has 0 spiro atoms. The standard InChI is InChI=1S/C21H28N6O2/c1-14(22-21(29)17-5-6-17)20-25-24-19-9-10-26(11-12-27(19)20)13-16-3-7-18(8-4-16)23-15(2)28/h3-4,7-8,14,17H,5-6,9-13H2,1-2H3,(H,22,29)(H,23,28). The van der Waals surface area contributed by atoms with Gasteiger partial charge in [-0.25, -0.2) is 0 Å². The molecule has 8 nitrogen and oxygen atoms in total. The zero-order chi connectivity index (χ0) is 20.4. The van der Waals surface area contributed by atoms with Crippen LogP contribution in [0.4, 0.5) is 5.69 Å². The van der Waals surface area contributed by atoms with Crippen LogP contribution in [0.3, 0.4) is 0 Å². The first-order valence-electron chi connectivity index (χ1n) is 10.3. The zero-order valence-corrected chi connectivity index (χ0v) is 17.0. The molecule has 154 valence electrons. The number of carbonyl (C=O) groups is 2. The molecule has 1 saturated carbocycles. The van der Waals surface area contributed by atoms with Crippen LogP contribution in [0.15, 0.2) is 24.3 Å². The van der Waals surface area contributed by atoms with E-state index in [2.05, 4.69) is 42.4 Å². The predicted molar refractivity (Wildman–Crippen MR) is 109 cm³/mol. The molecule has 1 unspecified atom stereocenters. The van der Waals surface area contributed by atoms with E-state index >= 15 is 0 Å². The second-order valence-corrected chi connectivity index (χ2v) is 8.03. The highest BCUT2D eigenvalue weighted by Crippen LogP contribution is 2.29. The van der Waals surface area contributed by atoms with Crippen LogP contribution in [-0.4, -0.2) is 44.6 Å². The number of benzene rings is 1. The zero-order valence-electron chi connectivity index (χ0n) is 17.0. The average molecular weight is 396 g/mol. The molecule has 1 aliphatic carbocycles. The van der Waals surface area contributed by atoms with Gasteiger partial charge in [-0.3, -0.25) is 14.5 Å². The summed E-state index contributed by atoms with van der Waals surface area (Å²) in [5.74, 6) is 2.09. The lowest BCUT2D eigenvalue weighted by Crippen LogP contribution is -2.31. The van der Waals surface area contributed by atoms with E-state index in [1.54, 1.807) is 0 Å². The summed E-state index contributed by atoms with van der Waals surface area (Å²) in [6.07, 6.45) is 2.83. The van der Waals surface area contributed by atoms with Crippen molar-refractivity contribution in [3.63, 3.8) is 0 Å². The number of fused-ring (bicyclic) bond motifs is 1. The van der Waals surface area contributed by atoms with Crippen molar-refractivity contribution in [2.24, 2.45) is 5.92 Å². The summed E-state index contributed by atoms with van der Waals surface area (Å²) in [6.45, 7) is 6.96. The van der Waals surface area contributed by atoms with E-state index in [-0.39, 0.29) is 23.8 Å². The van der Waals surface area contributed by atoms with Gasteiger partial charge in [0.15, 0.2) is 5.82 Å². The Balaban J connectivity index is 1.36. The highest BCUT2D eigenvalue weighted by molar-refractivity contribution is 5.88. The lowest BCUT2D eigenvalue weighted by Gasteiger charge is -2.20. The Morgan fingerprint density at radius 2 is 1.90 bits per heavy atom. The number of hydrogen-bond donors (Lipinski definition) is 2. The van der Waals surface area contributed by atoms with Crippen LogP contribution in [0.5, 0.6) is 0 Å². The van der Waals surface area contributed by atoms with E-state index < -0.39 is 0 Å². The summed E-state index contributed by atoms with van der Waals surface area (Å²) in [4.78, 5) is 25.6. The van der Waals surface area contributed by atoms with Gasteiger partial charge in [0.1, 0.15) is 5.82 Å². The van der Waals surface area contributed by atoms with Crippen molar-refractivity contribution in [3.8, 4) is 0 Å². The predicted octanol–water partition coefficient (Wildman–Crippen LogP) is 1.88. The maximum Gasteiger partial charge on any atom is 0.223 e. The van der Waals surface area contributed by atoms with Gasteiger partial charge in [0.25, 0.3) is 0 Å². The number of rotatable bonds is 6. The number of carbonyl (C=O) groups excluding carboxylic acids is 2. The summed E-state index contributed by atoms with van der Waals surface area (Å²) >= 11 is 0. The highest BCUT2D eigenvalue weighted by Gasteiger charge is 2.31. The molecule has 1 aromatic heterocycles. The van der Waals surface area contributed by atoms with Gasteiger partial charge in [-0.05, 0) is 37.5 Å². The van der Waals surface area contributed by atoms with Crippen LogP contribution in [0.1, 0.15) is 49.9 Å².